The summed E-state index contributed by atoms with van der Waals surface area (Å²) >= 11 is 0. The molecule has 0 spiro atoms. The molecule has 0 aliphatic carbocycles. The molecule has 3 rings (SSSR count). The van der Waals surface area contributed by atoms with E-state index in [0.29, 0.717) is 6.92 Å². The third kappa shape index (κ3) is 3.36. The fourth-order valence-corrected chi connectivity index (χ4v) is 2.59. The first kappa shape index (κ1) is 18.2. The van der Waals surface area contributed by atoms with Crippen molar-refractivity contribution in [2.75, 3.05) is 13.2 Å². The van der Waals surface area contributed by atoms with Gasteiger partial charge in [-0.3, -0.25) is 4.79 Å². The summed E-state index contributed by atoms with van der Waals surface area (Å²) in [5.74, 6) is -5.51. The number of fused-ring (bicyclic) bond motifs is 1. The summed E-state index contributed by atoms with van der Waals surface area (Å²) in [7, 11) is 0. The van der Waals surface area contributed by atoms with E-state index >= 15 is 0 Å². The zero-order chi connectivity index (χ0) is 19.1. The van der Waals surface area contributed by atoms with Crippen molar-refractivity contribution in [2.45, 2.75) is 32.4 Å². The van der Waals surface area contributed by atoms with Gasteiger partial charge in [0.15, 0.2) is 0 Å². The number of nitrogens with zero attached hydrogens (tertiary/aromatic N) is 3. The SMILES string of the molecule is CC1COc2cc(-c3noc(C(C)(F)F)n3)cc(F)c2CN1C(=O)CO. The van der Waals surface area contributed by atoms with Crippen LogP contribution in [0.25, 0.3) is 11.4 Å². The Kier molecular flexibility index (Phi) is 4.61. The molecule has 1 aromatic heterocycles. The number of carbonyl (C=O) groups is 1. The van der Waals surface area contributed by atoms with Crippen LogP contribution in [-0.4, -0.2) is 45.3 Å². The van der Waals surface area contributed by atoms with Crippen molar-refractivity contribution in [3.05, 3.63) is 29.4 Å². The van der Waals surface area contributed by atoms with Crippen LogP contribution in [0.2, 0.25) is 0 Å². The Morgan fingerprint density at radius 1 is 1.46 bits per heavy atom. The van der Waals surface area contributed by atoms with Gasteiger partial charge in [-0.2, -0.15) is 13.8 Å². The van der Waals surface area contributed by atoms with Crippen molar-refractivity contribution >= 4 is 5.91 Å². The third-order valence-corrected chi connectivity index (χ3v) is 4.01. The third-order valence-electron chi connectivity index (χ3n) is 4.01. The van der Waals surface area contributed by atoms with Crippen LogP contribution in [0.1, 0.15) is 25.3 Å². The number of rotatable bonds is 3. The van der Waals surface area contributed by atoms with Gasteiger partial charge in [0.05, 0.1) is 12.6 Å². The Balaban J connectivity index is 1.98. The number of hydrogen-bond acceptors (Lipinski definition) is 6. The number of aliphatic hydroxyl groups is 1. The van der Waals surface area contributed by atoms with Crippen LogP contribution in [0.15, 0.2) is 16.7 Å². The standard InChI is InChI=1S/C16H16F3N3O4/c1-8-7-25-12-4-9(14-20-15(26-21-14)16(2,18)19)3-11(17)10(12)5-22(8)13(24)6-23/h3-4,8,23H,5-7H2,1-2H3. The molecule has 2 heterocycles. The Morgan fingerprint density at radius 2 is 2.19 bits per heavy atom. The number of aromatic nitrogens is 2. The van der Waals surface area contributed by atoms with Gasteiger partial charge in [-0.25, -0.2) is 4.39 Å². The molecule has 1 aliphatic heterocycles. The molecule has 0 saturated carbocycles. The van der Waals surface area contributed by atoms with Gasteiger partial charge in [-0.05, 0) is 19.1 Å². The minimum atomic E-state index is -3.31. The molecule has 0 saturated heterocycles. The molecule has 0 bridgehead atoms. The first-order chi connectivity index (χ1) is 12.2. The van der Waals surface area contributed by atoms with E-state index in [-0.39, 0.29) is 41.9 Å². The first-order valence-electron chi connectivity index (χ1n) is 7.78. The number of aliphatic hydroxyl groups excluding tert-OH is 1. The molecular weight excluding hydrogens is 355 g/mol. The average molecular weight is 371 g/mol. The van der Waals surface area contributed by atoms with Gasteiger partial charge in [-0.1, -0.05) is 5.16 Å². The highest BCUT2D eigenvalue weighted by Gasteiger charge is 2.33. The largest absolute Gasteiger partial charge is 0.491 e. The molecule has 10 heteroatoms. The van der Waals surface area contributed by atoms with E-state index in [2.05, 4.69) is 14.7 Å². The number of alkyl halides is 2. The predicted octanol–water partition coefficient (Wildman–Crippen LogP) is 2.09. The van der Waals surface area contributed by atoms with Crippen LogP contribution in [0.4, 0.5) is 13.2 Å². The Labute approximate surface area is 146 Å². The molecule has 2 aromatic rings. The molecule has 1 amide bonds. The number of hydrogen-bond donors (Lipinski definition) is 1. The molecular formula is C16H16F3N3O4. The van der Waals surface area contributed by atoms with Gasteiger partial charge in [0.2, 0.25) is 11.7 Å². The molecule has 0 fully saturated rings. The highest BCUT2D eigenvalue weighted by molar-refractivity contribution is 5.77. The topological polar surface area (TPSA) is 88.7 Å². The molecule has 1 atom stereocenters. The van der Waals surface area contributed by atoms with E-state index in [0.717, 1.165) is 6.07 Å². The van der Waals surface area contributed by atoms with Gasteiger partial charge in [0, 0.05) is 18.1 Å². The molecule has 1 unspecified atom stereocenters. The summed E-state index contributed by atoms with van der Waals surface area (Å²) < 4.78 is 51.1. The Hall–Kier alpha value is -2.62. The van der Waals surface area contributed by atoms with Crippen molar-refractivity contribution in [2.24, 2.45) is 0 Å². The number of amides is 1. The number of carbonyl (C=O) groups excluding carboxylic acids is 1. The quantitative estimate of drug-likeness (QED) is 0.889. The maximum absolute atomic E-state index is 14.6. The molecule has 7 nitrogen and oxygen atoms in total. The van der Waals surface area contributed by atoms with Gasteiger partial charge >= 0.3 is 5.92 Å². The Bertz CT molecular complexity index is 835. The Morgan fingerprint density at radius 3 is 2.81 bits per heavy atom. The molecule has 1 aliphatic rings. The summed E-state index contributed by atoms with van der Waals surface area (Å²) in [5.41, 5.74) is 0.222. The summed E-state index contributed by atoms with van der Waals surface area (Å²) in [6.07, 6.45) is 0. The van der Waals surface area contributed by atoms with Gasteiger partial charge < -0.3 is 19.3 Å². The van der Waals surface area contributed by atoms with Crippen LogP contribution in [0.5, 0.6) is 5.75 Å². The second-order valence-electron chi connectivity index (χ2n) is 6.09. The fourth-order valence-electron chi connectivity index (χ4n) is 2.59. The van der Waals surface area contributed by atoms with Crippen LogP contribution in [-0.2, 0) is 17.3 Å². The maximum Gasteiger partial charge on any atom is 0.322 e. The maximum atomic E-state index is 14.6. The minimum Gasteiger partial charge on any atom is -0.491 e. The lowest BCUT2D eigenvalue weighted by Gasteiger charge is -2.25. The number of ether oxygens (including phenoxy) is 1. The molecule has 1 aromatic carbocycles. The van der Waals surface area contributed by atoms with Crippen molar-refractivity contribution in [1.29, 1.82) is 0 Å². The van der Waals surface area contributed by atoms with Gasteiger partial charge in [0.25, 0.3) is 5.89 Å². The van der Waals surface area contributed by atoms with Gasteiger partial charge in [-0.15, -0.1) is 0 Å². The normalized spacial score (nSPS) is 17.5. The van der Waals surface area contributed by atoms with E-state index in [1.807, 2.05) is 0 Å². The van der Waals surface area contributed by atoms with E-state index in [1.165, 1.54) is 11.0 Å². The average Bonchev–Trinajstić information content (AvgIpc) is 3.02. The van der Waals surface area contributed by atoms with Crippen molar-refractivity contribution < 1.29 is 32.3 Å². The van der Waals surface area contributed by atoms with Crippen LogP contribution in [0, 0.1) is 5.82 Å². The van der Waals surface area contributed by atoms with Crippen LogP contribution >= 0.6 is 0 Å². The van der Waals surface area contributed by atoms with Crippen LogP contribution in [0.3, 0.4) is 0 Å². The molecule has 0 radical (unpaired) electrons. The zero-order valence-corrected chi connectivity index (χ0v) is 14.0. The predicted molar refractivity (Wildman–Crippen MR) is 81.9 cm³/mol. The monoisotopic (exact) mass is 371 g/mol. The molecule has 140 valence electrons. The highest BCUT2D eigenvalue weighted by Crippen LogP contribution is 2.33. The smallest absolute Gasteiger partial charge is 0.322 e. The lowest BCUT2D eigenvalue weighted by molar-refractivity contribution is -0.137. The summed E-state index contributed by atoms with van der Waals surface area (Å²) in [6.45, 7) is 1.60. The summed E-state index contributed by atoms with van der Waals surface area (Å²) in [5, 5.41) is 12.5. The molecule has 26 heavy (non-hydrogen) atoms. The first-order valence-corrected chi connectivity index (χ1v) is 7.78. The summed E-state index contributed by atoms with van der Waals surface area (Å²) in [6, 6.07) is 2.07. The lowest BCUT2D eigenvalue weighted by Crippen LogP contribution is -2.41. The number of halogens is 3. The van der Waals surface area contributed by atoms with Crippen molar-refractivity contribution in [3.8, 4) is 17.1 Å². The summed E-state index contributed by atoms with van der Waals surface area (Å²) in [4.78, 5) is 16.7. The van der Waals surface area contributed by atoms with Crippen LogP contribution < -0.4 is 4.74 Å². The van der Waals surface area contributed by atoms with E-state index < -0.39 is 30.1 Å². The zero-order valence-electron chi connectivity index (χ0n) is 14.0. The van der Waals surface area contributed by atoms with E-state index in [9.17, 15) is 18.0 Å². The fraction of sp³-hybridized carbons (Fsp3) is 0.438. The number of benzene rings is 1. The second kappa shape index (κ2) is 6.60. The van der Waals surface area contributed by atoms with Crippen molar-refractivity contribution in [1.82, 2.24) is 15.0 Å². The minimum absolute atomic E-state index is 0.0756. The van der Waals surface area contributed by atoms with Gasteiger partial charge in [0.1, 0.15) is 24.8 Å². The van der Waals surface area contributed by atoms with E-state index in [1.54, 1.807) is 6.92 Å². The van der Waals surface area contributed by atoms with Crippen molar-refractivity contribution in [3.63, 3.8) is 0 Å². The second-order valence-corrected chi connectivity index (χ2v) is 6.09. The molecule has 1 N–H and O–H groups in total. The highest BCUT2D eigenvalue weighted by atomic mass is 19.3. The van der Waals surface area contributed by atoms with E-state index in [4.69, 9.17) is 9.84 Å². The lowest BCUT2D eigenvalue weighted by atomic mass is 10.1.